The summed E-state index contributed by atoms with van der Waals surface area (Å²) >= 11 is 1.36. The maximum Gasteiger partial charge on any atom is 0.243 e. The molecule has 0 spiro atoms. The van der Waals surface area contributed by atoms with E-state index in [0.29, 0.717) is 30.8 Å². The van der Waals surface area contributed by atoms with Crippen LogP contribution in [0.15, 0.2) is 78.9 Å². The highest BCUT2D eigenvalue weighted by molar-refractivity contribution is 7.99. The van der Waals surface area contributed by atoms with Crippen LogP contribution in [0.3, 0.4) is 0 Å². The van der Waals surface area contributed by atoms with Crippen molar-refractivity contribution >= 4 is 23.6 Å². The van der Waals surface area contributed by atoms with Gasteiger partial charge >= 0.3 is 0 Å². The predicted molar refractivity (Wildman–Crippen MR) is 146 cm³/mol. The van der Waals surface area contributed by atoms with Crippen LogP contribution in [-0.4, -0.2) is 35.1 Å². The molecule has 190 valence electrons. The first-order valence-electron chi connectivity index (χ1n) is 12.5. The van der Waals surface area contributed by atoms with Gasteiger partial charge in [0, 0.05) is 25.3 Å². The van der Waals surface area contributed by atoms with Crippen molar-refractivity contribution in [2.24, 2.45) is 0 Å². The fourth-order valence-electron chi connectivity index (χ4n) is 4.01. The number of nitrogens with zero attached hydrogens (tertiary/aromatic N) is 1. The molecule has 3 rings (SSSR count). The summed E-state index contributed by atoms with van der Waals surface area (Å²) in [5.41, 5.74) is 3.63. The van der Waals surface area contributed by atoms with E-state index in [4.69, 9.17) is 0 Å². The molecule has 0 heterocycles. The smallest absolute Gasteiger partial charge is 0.243 e. The molecular weight excluding hydrogens is 471 g/mol. The van der Waals surface area contributed by atoms with Gasteiger partial charge in [0.2, 0.25) is 11.8 Å². The minimum Gasteiger partial charge on any atom is -0.354 e. The molecule has 0 bridgehead atoms. The Morgan fingerprint density at radius 3 is 2.42 bits per heavy atom. The predicted octanol–water partition coefficient (Wildman–Crippen LogP) is 5.92. The first kappa shape index (κ1) is 27.5. The summed E-state index contributed by atoms with van der Waals surface area (Å²) in [5, 5.41) is 3.04. The highest BCUT2D eigenvalue weighted by atomic mass is 32.2. The molecule has 0 saturated carbocycles. The molecule has 4 nitrogen and oxygen atoms in total. The Kier molecular flexibility index (Phi) is 11.0. The molecule has 3 aromatic carbocycles. The molecule has 1 unspecified atom stereocenters. The number of halogens is 1. The Bertz CT molecular complexity index is 1120. The molecule has 0 radical (unpaired) electrons. The number of carbonyl (C=O) groups excluding carboxylic acids is 2. The quantitative estimate of drug-likeness (QED) is 0.293. The lowest BCUT2D eigenvalue weighted by Crippen LogP contribution is -2.51. The Morgan fingerprint density at radius 2 is 1.69 bits per heavy atom. The van der Waals surface area contributed by atoms with Crippen LogP contribution >= 0.6 is 11.8 Å². The molecule has 1 N–H and O–H groups in total. The number of thioether (sulfide) groups is 1. The number of rotatable bonds is 13. The lowest BCUT2D eigenvalue weighted by atomic mass is 10.0. The average molecular weight is 507 g/mol. The van der Waals surface area contributed by atoms with Crippen molar-refractivity contribution in [1.82, 2.24) is 10.2 Å². The lowest BCUT2D eigenvalue weighted by Gasteiger charge is -2.31. The van der Waals surface area contributed by atoms with E-state index >= 15 is 0 Å². The second-order valence-electron chi connectivity index (χ2n) is 8.95. The van der Waals surface area contributed by atoms with Gasteiger partial charge in [-0.1, -0.05) is 91.7 Å². The van der Waals surface area contributed by atoms with Gasteiger partial charge in [-0.25, -0.2) is 4.39 Å². The third kappa shape index (κ3) is 8.52. The average Bonchev–Trinajstić information content (AvgIpc) is 2.88. The second kappa shape index (κ2) is 14.4. The van der Waals surface area contributed by atoms with Crippen LogP contribution < -0.4 is 5.32 Å². The molecule has 36 heavy (non-hydrogen) atoms. The Labute approximate surface area is 218 Å². The van der Waals surface area contributed by atoms with Crippen molar-refractivity contribution in [3.05, 3.63) is 107 Å². The van der Waals surface area contributed by atoms with Crippen LogP contribution in [0.5, 0.6) is 0 Å². The van der Waals surface area contributed by atoms with Gasteiger partial charge < -0.3 is 10.2 Å². The first-order valence-corrected chi connectivity index (χ1v) is 13.6. The van der Waals surface area contributed by atoms with Crippen molar-refractivity contribution < 1.29 is 14.0 Å². The monoisotopic (exact) mass is 506 g/mol. The van der Waals surface area contributed by atoms with Crippen LogP contribution in [0.2, 0.25) is 0 Å². The number of benzene rings is 3. The molecule has 0 aliphatic rings. The maximum absolute atomic E-state index is 14.1. The molecule has 2 amide bonds. The number of hydrogen-bond donors (Lipinski definition) is 1. The van der Waals surface area contributed by atoms with Crippen LogP contribution in [-0.2, 0) is 28.3 Å². The zero-order valence-corrected chi connectivity index (χ0v) is 21.9. The summed E-state index contributed by atoms with van der Waals surface area (Å²) in [6.07, 6.45) is 2.28. The number of unbranched alkanes of at least 4 members (excludes halogenated alkanes) is 1. The zero-order chi connectivity index (χ0) is 25.8. The normalized spacial score (nSPS) is 11.6. The standard InChI is InChI=1S/C30H35FN2O2S/c1-3-4-17-32-30(35)28(19-24-12-6-5-7-13-24)33(20-25-14-10-11-23(2)18-25)29(34)22-36-21-26-15-8-9-16-27(26)31/h5-16,18,28H,3-4,17,19-22H2,1-2H3,(H,32,35). The largest absolute Gasteiger partial charge is 0.354 e. The molecule has 0 aliphatic carbocycles. The van der Waals surface area contributed by atoms with Crippen LogP contribution in [0.4, 0.5) is 4.39 Å². The van der Waals surface area contributed by atoms with Gasteiger partial charge in [0.15, 0.2) is 0 Å². The number of carbonyl (C=O) groups is 2. The number of aryl methyl sites for hydroxylation is 1. The highest BCUT2D eigenvalue weighted by Crippen LogP contribution is 2.20. The van der Waals surface area contributed by atoms with Crippen LogP contribution in [0, 0.1) is 12.7 Å². The molecule has 3 aromatic rings. The minimum atomic E-state index is -0.647. The van der Waals surface area contributed by atoms with Crippen molar-refractivity contribution in [3.8, 4) is 0 Å². The minimum absolute atomic E-state index is 0.135. The van der Waals surface area contributed by atoms with E-state index < -0.39 is 6.04 Å². The molecule has 0 fully saturated rings. The van der Waals surface area contributed by atoms with Crippen LogP contribution in [0.1, 0.15) is 42.0 Å². The molecule has 6 heteroatoms. The van der Waals surface area contributed by atoms with E-state index in [1.54, 1.807) is 23.1 Å². The van der Waals surface area contributed by atoms with Crippen molar-refractivity contribution in [2.75, 3.05) is 12.3 Å². The third-order valence-electron chi connectivity index (χ3n) is 5.98. The maximum atomic E-state index is 14.1. The summed E-state index contributed by atoms with van der Waals surface area (Å²) in [5.74, 6) is -0.000629. The topological polar surface area (TPSA) is 49.4 Å². The van der Waals surface area contributed by atoms with E-state index in [1.807, 2.05) is 61.5 Å². The Hall–Kier alpha value is -3.12. The van der Waals surface area contributed by atoms with E-state index in [-0.39, 0.29) is 23.4 Å². The molecule has 0 aliphatic heterocycles. The lowest BCUT2D eigenvalue weighted by molar-refractivity contribution is -0.139. The summed E-state index contributed by atoms with van der Waals surface area (Å²) in [4.78, 5) is 28.7. The molecule has 0 aromatic heterocycles. The van der Waals surface area contributed by atoms with Crippen LogP contribution in [0.25, 0.3) is 0 Å². The van der Waals surface area contributed by atoms with Gasteiger partial charge in [-0.05, 0) is 36.1 Å². The van der Waals surface area contributed by atoms with E-state index in [9.17, 15) is 14.0 Å². The highest BCUT2D eigenvalue weighted by Gasteiger charge is 2.30. The summed E-state index contributed by atoms with van der Waals surface area (Å²) in [6, 6.07) is 23.8. The van der Waals surface area contributed by atoms with Gasteiger partial charge in [-0.3, -0.25) is 9.59 Å². The zero-order valence-electron chi connectivity index (χ0n) is 21.1. The number of hydrogen-bond acceptors (Lipinski definition) is 3. The molecule has 0 saturated heterocycles. The van der Waals surface area contributed by atoms with Gasteiger partial charge in [0.1, 0.15) is 11.9 Å². The van der Waals surface area contributed by atoms with E-state index in [2.05, 4.69) is 12.2 Å². The SMILES string of the molecule is CCCCNC(=O)C(Cc1ccccc1)N(Cc1cccc(C)c1)C(=O)CSCc1ccccc1F. The summed E-state index contributed by atoms with van der Waals surface area (Å²) in [7, 11) is 0. The first-order chi connectivity index (χ1) is 17.5. The van der Waals surface area contributed by atoms with Gasteiger partial charge in [-0.15, -0.1) is 11.8 Å². The molecule has 1 atom stereocenters. The number of amides is 2. The van der Waals surface area contributed by atoms with Crippen molar-refractivity contribution in [1.29, 1.82) is 0 Å². The van der Waals surface area contributed by atoms with Crippen molar-refractivity contribution in [2.45, 2.75) is 51.4 Å². The Balaban J connectivity index is 1.84. The fourth-order valence-corrected chi connectivity index (χ4v) is 4.91. The Morgan fingerprint density at radius 1 is 0.972 bits per heavy atom. The van der Waals surface area contributed by atoms with Crippen molar-refractivity contribution in [3.63, 3.8) is 0 Å². The van der Waals surface area contributed by atoms with Gasteiger partial charge in [-0.2, -0.15) is 0 Å². The summed E-state index contributed by atoms with van der Waals surface area (Å²) < 4.78 is 14.1. The molecular formula is C30H35FN2O2S. The third-order valence-corrected chi connectivity index (χ3v) is 6.94. The van der Waals surface area contributed by atoms with Gasteiger partial charge in [0.05, 0.1) is 5.75 Å². The fraction of sp³-hybridized carbons (Fsp3) is 0.333. The second-order valence-corrected chi connectivity index (χ2v) is 9.93. The summed E-state index contributed by atoms with van der Waals surface area (Å²) in [6.45, 7) is 5.00. The van der Waals surface area contributed by atoms with Gasteiger partial charge in [0.25, 0.3) is 0 Å². The van der Waals surface area contributed by atoms with E-state index in [1.165, 1.54) is 17.8 Å². The number of nitrogens with one attached hydrogen (secondary N) is 1. The van der Waals surface area contributed by atoms with E-state index in [0.717, 1.165) is 29.5 Å².